The van der Waals surface area contributed by atoms with E-state index in [1.165, 1.54) is 30.2 Å². The third-order valence-electron chi connectivity index (χ3n) is 4.85. The molecule has 0 aromatic carbocycles. The molecule has 0 spiro atoms. The zero-order chi connectivity index (χ0) is 22.4. The van der Waals surface area contributed by atoms with Crippen molar-refractivity contribution in [3.05, 3.63) is 20.8 Å². The molecule has 7 nitrogen and oxygen atoms in total. The number of unbranched alkanes of at least 4 members (excludes halogenated alkanes) is 1. The monoisotopic (exact) mass is 453 g/mol. The second kappa shape index (κ2) is 10.9. The Labute approximate surface area is 185 Å². The van der Waals surface area contributed by atoms with Crippen LogP contribution in [0.15, 0.2) is 9.95 Å². The molecule has 1 atom stereocenters. The molecule has 0 radical (unpaired) electrons. The van der Waals surface area contributed by atoms with Crippen molar-refractivity contribution in [3.8, 4) is 0 Å². The number of fused-ring (bicyclic) bond motifs is 1. The third kappa shape index (κ3) is 5.85. The molecule has 0 bridgehead atoms. The van der Waals surface area contributed by atoms with Crippen molar-refractivity contribution in [2.45, 2.75) is 71.6 Å². The molecule has 0 aliphatic heterocycles. The smallest absolute Gasteiger partial charge is 0.328 e. The van der Waals surface area contributed by atoms with E-state index in [0.29, 0.717) is 28.3 Å². The lowest BCUT2D eigenvalue weighted by Crippen LogP contribution is -2.43. The van der Waals surface area contributed by atoms with Crippen molar-refractivity contribution in [2.75, 3.05) is 12.9 Å². The number of carbonyl (C=O) groups is 2. The maximum Gasteiger partial charge on any atom is 0.328 e. The molecule has 1 N–H and O–H groups in total. The van der Waals surface area contributed by atoms with E-state index in [1.807, 2.05) is 27.7 Å². The van der Waals surface area contributed by atoms with E-state index in [0.717, 1.165) is 23.3 Å². The predicted octanol–water partition coefficient (Wildman–Crippen LogP) is 3.67. The standard InChI is InChI=1S/C21H31N3O4S2/c1-7-8-9-24-19(26)17-13(4)14(5)30-18(17)23-21(24)29-11-16(25)22-15(10-12(2)3)20(27)28-6/h12,15H,7-11H2,1-6H3,(H,22,25). The SMILES string of the molecule is CCCCn1c(SCC(=O)NC(CC(C)C)C(=O)OC)nc2sc(C)c(C)c2c1=O. The fourth-order valence-electron chi connectivity index (χ4n) is 3.13. The van der Waals surface area contributed by atoms with E-state index in [9.17, 15) is 14.4 Å². The highest BCUT2D eigenvalue weighted by Crippen LogP contribution is 2.28. The molecular weight excluding hydrogens is 422 g/mol. The Bertz CT molecular complexity index is 965. The van der Waals surface area contributed by atoms with E-state index in [2.05, 4.69) is 12.2 Å². The summed E-state index contributed by atoms with van der Waals surface area (Å²) in [7, 11) is 1.31. The van der Waals surface area contributed by atoms with Crippen LogP contribution in [0.1, 0.15) is 50.5 Å². The molecule has 9 heteroatoms. The first-order chi connectivity index (χ1) is 14.2. The number of nitrogens with one attached hydrogen (secondary N) is 1. The number of hydrogen-bond donors (Lipinski definition) is 1. The Balaban J connectivity index is 2.24. The van der Waals surface area contributed by atoms with E-state index < -0.39 is 12.0 Å². The average Bonchev–Trinajstić information content (AvgIpc) is 2.98. The van der Waals surface area contributed by atoms with Gasteiger partial charge in [0.1, 0.15) is 10.9 Å². The molecule has 2 rings (SSSR count). The van der Waals surface area contributed by atoms with Crippen LogP contribution in [0.2, 0.25) is 0 Å². The Morgan fingerprint density at radius 3 is 2.60 bits per heavy atom. The first-order valence-corrected chi connectivity index (χ1v) is 12.0. The summed E-state index contributed by atoms with van der Waals surface area (Å²) in [5.41, 5.74) is 0.923. The van der Waals surface area contributed by atoms with Crippen LogP contribution in [0.25, 0.3) is 10.2 Å². The van der Waals surface area contributed by atoms with Crippen LogP contribution >= 0.6 is 23.1 Å². The quantitative estimate of drug-likeness (QED) is 0.335. The predicted molar refractivity (Wildman–Crippen MR) is 122 cm³/mol. The van der Waals surface area contributed by atoms with Gasteiger partial charge in [0.25, 0.3) is 5.56 Å². The number of thiophene rings is 1. The van der Waals surface area contributed by atoms with Crippen LogP contribution in [0.3, 0.4) is 0 Å². The van der Waals surface area contributed by atoms with Crippen molar-refractivity contribution in [1.29, 1.82) is 0 Å². The Kier molecular flexibility index (Phi) is 8.91. The topological polar surface area (TPSA) is 90.3 Å². The highest BCUT2D eigenvalue weighted by molar-refractivity contribution is 7.99. The van der Waals surface area contributed by atoms with Gasteiger partial charge < -0.3 is 10.1 Å². The number of ether oxygens (including phenoxy) is 1. The molecule has 2 aromatic rings. The number of rotatable bonds is 10. The lowest BCUT2D eigenvalue weighted by molar-refractivity contribution is -0.145. The van der Waals surface area contributed by atoms with Crippen LogP contribution < -0.4 is 10.9 Å². The summed E-state index contributed by atoms with van der Waals surface area (Å²) in [4.78, 5) is 44.1. The zero-order valence-corrected chi connectivity index (χ0v) is 20.2. The highest BCUT2D eigenvalue weighted by atomic mass is 32.2. The van der Waals surface area contributed by atoms with E-state index in [4.69, 9.17) is 9.72 Å². The number of esters is 1. The van der Waals surface area contributed by atoms with Crippen molar-refractivity contribution in [1.82, 2.24) is 14.9 Å². The van der Waals surface area contributed by atoms with Gasteiger partial charge in [-0.3, -0.25) is 14.2 Å². The minimum absolute atomic E-state index is 0.0505. The molecular formula is C21H31N3O4S2. The second-order valence-corrected chi connectivity index (χ2v) is 9.88. The number of methoxy groups -OCH3 is 1. The summed E-state index contributed by atoms with van der Waals surface area (Å²) in [6.07, 6.45) is 2.31. The van der Waals surface area contributed by atoms with Crippen LogP contribution in [-0.4, -0.2) is 40.3 Å². The summed E-state index contributed by atoms with van der Waals surface area (Å²) in [6.45, 7) is 10.5. The van der Waals surface area contributed by atoms with Gasteiger partial charge in [-0.2, -0.15) is 0 Å². The minimum Gasteiger partial charge on any atom is -0.467 e. The fourth-order valence-corrected chi connectivity index (χ4v) is 5.03. The second-order valence-electron chi connectivity index (χ2n) is 7.73. The van der Waals surface area contributed by atoms with Crippen LogP contribution in [0, 0.1) is 19.8 Å². The van der Waals surface area contributed by atoms with E-state index in [-0.39, 0.29) is 23.1 Å². The first-order valence-electron chi connectivity index (χ1n) is 10.2. The number of hydrogen-bond acceptors (Lipinski definition) is 7. The number of nitrogens with zero attached hydrogens (tertiary/aromatic N) is 2. The number of amides is 1. The molecule has 0 aliphatic rings. The third-order valence-corrected chi connectivity index (χ3v) is 6.93. The zero-order valence-electron chi connectivity index (χ0n) is 18.5. The molecule has 166 valence electrons. The van der Waals surface area contributed by atoms with Gasteiger partial charge in [0.05, 0.1) is 18.2 Å². The van der Waals surface area contributed by atoms with Crippen LogP contribution in [0.5, 0.6) is 0 Å². The Hall–Kier alpha value is -1.87. The Morgan fingerprint density at radius 1 is 1.30 bits per heavy atom. The van der Waals surface area contributed by atoms with Gasteiger partial charge in [0.15, 0.2) is 5.16 Å². The largest absolute Gasteiger partial charge is 0.467 e. The van der Waals surface area contributed by atoms with Gasteiger partial charge in [-0.25, -0.2) is 9.78 Å². The highest BCUT2D eigenvalue weighted by Gasteiger charge is 2.23. The number of thioether (sulfide) groups is 1. The van der Waals surface area contributed by atoms with Crippen molar-refractivity contribution < 1.29 is 14.3 Å². The molecule has 30 heavy (non-hydrogen) atoms. The molecule has 0 aliphatic carbocycles. The molecule has 2 aromatic heterocycles. The molecule has 2 heterocycles. The van der Waals surface area contributed by atoms with E-state index >= 15 is 0 Å². The summed E-state index contributed by atoms with van der Waals surface area (Å²) >= 11 is 2.72. The van der Waals surface area contributed by atoms with Gasteiger partial charge in [-0.1, -0.05) is 39.0 Å². The Morgan fingerprint density at radius 2 is 2.00 bits per heavy atom. The lowest BCUT2D eigenvalue weighted by Gasteiger charge is -2.18. The van der Waals surface area contributed by atoms with Crippen molar-refractivity contribution in [3.63, 3.8) is 0 Å². The number of aryl methyl sites for hydroxylation is 2. The van der Waals surface area contributed by atoms with Crippen LogP contribution in [0.4, 0.5) is 0 Å². The lowest BCUT2D eigenvalue weighted by atomic mass is 10.0. The van der Waals surface area contributed by atoms with Gasteiger partial charge >= 0.3 is 5.97 Å². The summed E-state index contributed by atoms with van der Waals surface area (Å²) in [5.74, 6) is -0.438. The number of carbonyl (C=O) groups excluding carboxylic acids is 2. The number of aromatic nitrogens is 2. The summed E-state index contributed by atoms with van der Waals surface area (Å²) in [5, 5.41) is 3.96. The fraction of sp³-hybridized carbons (Fsp3) is 0.619. The molecule has 1 amide bonds. The summed E-state index contributed by atoms with van der Waals surface area (Å²) < 4.78 is 6.48. The van der Waals surface area contributed by atoms with Gasteiger partial charge in [-0.05, 0) is 38.2 Å². The van der Waals surface area contributed by atoms with Crippen molar-refractivity contribution >= 4 is 45.2 Å². The molecule has 0 saturated heterocycles. The van der Waals surface area contributed by atoms with Gasteiger partial charge in [0.2, 0.25) is 5.91 Å². The van der Waals surface area contributed by atoms with Gasteiger partial charge in [-0.15, -0.1) is 11.3 Å². The molecule has 0 saturated carbocycles. The van der Waals surface area contributed by atoms with Crippen LogP contribution in [-0.2, 0) is 20.9 Å². The maximum absolute atomic E-state index is 13.1. The van der Waals surface area contributed by atoms with Crippen molar-refractivity contribution in [2.24, 2.45) is 5.92 Å². The van der Waals surface area contributed by atoms with E-state index in [1.54, 1.807) is 4.57 Å². The maximum atomic E-state index is 13.1. The first kappa shape index (κ1) is 24.4. The molecule has 0 fully saturated rings. The van der Waals surface area contributed by atoms with Gasteiger partial charge in [0, 0.05) is 11.4 Å². The average molecular weight is 454 g/mol. The normalized spacial score (nSPS) is 12.4. The summed E-state index contributed by atoms with van der Waals surface area (Å²) in [6, 6.07) is -0.677. The minimum atomic E-state index is -0.677. The molecule has 1 unspecified atom stereocenters.